The number of nitrogens with one attached hydrogen (secondary N) is 1. The molecule has 1 saturated heterocycles. The van der Waals surface area contributed by atoms with E-state index in [9.17, 15) is 21.6 Å². The second-order valence-electron chi connectivity index (χ2n) is 7.19. The lowest BCUT2D eigenvalue weighted by Gasteiger charge is -2.25. The van der Waals surface area contributed by atoms with Gasteiger partial charge in [-0.25, -0.2) is 21.1 Å². The predicted octanol–water partition coefficient (Wildman–Crippen LogP) is 2.43. The highest BCUT2D eigenvalue weighted by molar-refractivity contribution is 7.89. The molecule has 9 nitrogen and oxygen atoms in total. The van der Waals surface area contributed by atoms with Gasteiger partial charge in [0.1, 0.15) is 20.4 Å². The van der Waals surface area contributed by atoms with E-state index in [1.165, 1.54) is 49.8 Å². The van der Waals surface area contributed by atoms with Crippen LogP contribution in [0.25, 0.3) is 0 Å². The molecule has 0 saturated carbocycles. The first-order valence-electron chi connectivity index (χ1n) is 9.58. The molecule has 0 aliphatic carbocycles. The zero-order chi connectivity index (χ0) is 22.8. The quantitative estimate of drug-likeness (QED) is 0.642. The Morgan fingerprint density at radius 2 is 1.74 bits per heavy atom. The van der Waals surface area contributed by atoms with Gasteiger partial charge in [-0.15, -0.1) is 11.3 Å². The van der Waals surface area contributed by atoms with E-state index >= 15 is 0 Å². The van der Waals surface area contributed by atoms with E-state index in [4.69, 9.17) is 4.74 Å². The first kappa shape index (κ1) is 23.7. The van der Waals surface area contributed by atoms with Crippen LogP contribution < -0.4 is 10.1 Å². The van der Waals surface area contributed by atoms with E-state index in [1.54, 1.807) is 5.38 Å². The number of carbonyl (C=O) groups excluding carboxylic acids is 1. The summed E-state index contributed by atoms with van der Waals surface area (Å²) in [5, 5.41) is 4.17. The van der Waals surface area contributed by atoms with Crippen LogP contribution in [0, 0.1) is 0 Å². The minimum atomic E-state index is -3.82. The van der Waals surface area contributed by atoms with Crippen molar-refractivity contribution in [2.24, 2.45) is 0 Å². The number of anilines is 1. The third-order valence-corrected chi connectivity index (χ3v) is 9.77. The topological polar surface area (TPSA) is 113 Å². The molecule has 1 aliphatic heterocycles. The van der Waals surface area contributed by atoms with Gasteiger partial charge >= 0.3 is 0 Å². The van der Waals surface area contributed by atoms with Crippen LogP contribution in [0.1, 0.15) is 28.9 Å². The number of carbonyl (C=O) groups is 1. The number of thiophene rings is 1. The van der Waals surface area contributed by atoms with Crippen molar-refractivity contribution in [2.75, 3.05) is 39.6 Å². The zero-order valence-electron chi connectivity index (χ0n) is 17.5. The number of sulfonamides is 2. The highest BCUT2D eigenvalue weighted by Gasteiger charge is 2.31. The Kier molecular flexibility index (Phi) is 7.06. The SMILES string of the molecule is COc1ccc(NC(=O)c2sccc2S(=O)(=O)N2CCCCC2)cc1S(=O)(=O)N(C)C. The summed E-state index contributed by atoms with van der Waals surface area (Å²) in [4.78, 5) is 12.8. The van der Waals surface area contributed by atoms with Crippen molar-refractivity contribution < 1.29 is 26.4 Å². The van der Waals surface area contributed by atoms with Gasteiger partial charge in [0, 0.05) is 32.9 Å². The van der Waals surface area contributed by atoms with Crippen LogP contribution in [-0.2, 0) is 20.0 Å². The molecule has 1 aromatic carbocycles. The molecule has 0 bridgehead atoms. The van der Waals surface area contributed by atoms with Gasteiger partial charge in [0.2, 0.25) is 20.0 Å². The van der Waals surface area contributed by atoms with Crippen molar-refractivity contribution in [1.82, 2.24) is 8.61 Å². The lowest BCUT2D eigenvalue weighted by molar-refractivity contribution is 0.102. The van der Waals surface area contributed by atoms with E-state index < -0.39 is 26.0 Å². The van der Waals surface area contributed by atoms with Gasteiger partial charge in [-0.2, -0.15) is 4.31 Å². The molecule has 1 amide bonds. The molecular weight excluding hydrogens is 462 g/mol. The average Bonchev–Trinajstić information content (AvgIpc) is 3.25. The molecule has 0 radical (unpaired) electrons. The first-order chi connectivity index (χ1) is 14.6. The molecule has 12 heteroatoms. The average molecular weight is 488 g/mol. The Hall–Kier alpha value is -1.99. The van der Waals surface area contributed by atoms with Crippen LogP contribution in [0.5, 0.6) is 5.75 Å². The number of rotatable bonds is 7. The van der Waals surface area contributed by atoms with Crippen LogP contribution in [-0.4, -0.2) is 65.6 Å². The molecule has 0 atom stereocenters. The number of nitrogens with zero attached hydrogens (tertiary/aromatic N) is 2. The highest BCUT2D eigenvalue weighted by atomic mass is 32.2. The maximum atomic E-state index is 13.0. The van der Waals surface area contributed by atoms with Crippen LogP contribution in [0.15, 0.2) is 39.4 Å². The molecule has 0 spiro atoms. The summed E-state index contributed by atoms with van der Waals surface area (Å²) in [5.74, 6) is -0.486. The summed E-state index contributed by atoms with van der Waals surface area (Å²) in [5.41, 5.74) is 0.209. The van der Waals surface area contributed by atoms with Crippen molar-refractivity contribution in [3.8, 4) is 5.75 Å². The Morgan fingerprint density at radius 1 is 1.06 bits per heavy atom. The van der Waals surface area contributed by atoms with Crippen LogP contribution in [0.3, 0.4) is 0 Å². The molecule has 31 heavy (non-hydrogen) atoms. The Morgan fingerprint density at radius 3 is 2.35 bits per heavy atom. The molecule has 2 heterocycles. The van der Waals surface area contributed by atoms with Crippen molar-refractivity contribution in [3.63, 3.8) is 0 Å². The van der Waals surface area contributed by atoms with Gasteiger partial charge in [0.25, 0.3) is 5.91 Å². The zero-order valence-corrected chi connectivity index (χ0v) is 19.9. The van der Waals surface area contributed by atoms with Crippen molar-refractivity contribution >= 4 is 43.0 Å². The monoisotopic (exact) mass is 487 g/mol. The standard InChI is InChI=1S/C19H25N3O6S3/c1-21(2)30(24,25)17-13-14(7-8-15(17)28-3)20-19(23)18-16(9-12-29-18)31(26,27)22-10-5-4-6-11-22/h7-9,12-13H,4-6,10-11H2,1-3H3,(H,20,23). The van der Waals surface area contributed by atoms with E-state index in [0.717, 1.165) is 34.9 Å². The smallest absolute Gasteiger partial charge is 0.267 e. The van der Waals surface area contributed by atoms with Crippen LogP contribution in [0.2, 0.25) is 0 Å². The lowest BCUT2D eigenvalue weighted by Crippen LogP contribution is -2.36. The molecule has 1 N–H and O–H groups in total. The van der Waals surface area contributed by atoms with E-state index in [-0.39, 0.29) is 26.1 Å². The minimum absolute atomic E-state index is 0.0356. The fourth-order valence-electron chi connectivity index (χ4n) is 3.25. The maximum Gasteiger partial charge on any atom is 0.267 e. The van der Waals surface area contributed by atoms with Gasteiger partial charge in [-0.05, 0) is 42.5 Å². The summed E-state index contributed by atoms with van der Waals surface area (Å²) < 4.78 is 58.8. The number of methoxy groups -OCH3 is 1. The number of piperidine rings is 1. The molecule has 2 aromatic rings. The second kappa shape index (κ2) is 9.25. The number of hydrogen-bond acceptors (Lipinski definition) is 7. The molecule has 1 aliphatic rings. The Labute approximate surface area is 186 Å². The summed E-state index contributed by atoms with van der Waals surface area (Å²) in [6, 6.07) is 5.65. The second-order valence-corrected chi connectivity index (χ2v) is 12.1. The van der Waals surface area contributed by atoms with Crippen molar-refractivity contribution in [3.05, 3.63) is 34.5 Å². The minimum Gasteiger partial charge on any atom is -0.495 e. The number of hydrogen-bond donors (Lipinski definition) is 1. The highest BCUT2D eigenvalue weighted by Crippen LogP contribution is 2.31. The Balaban J connectivity index is 1.91. The van der Waals surface area contributed by atoms with Gasteiger partial charge < -0.3 is 10.1 Å². The number of benzene rings is 1. The number of amides is 1. The lowest BCUT2D eigenvalue weighted by atomic mass is 10.2. The van der Waals surface area contributed by atoms with E-state index in [0.29, 0.717) is 13.1 Å². The molecule has 170 valence electrons. The predicted molar refractivity (Wildman–Crippen MR) is 119 cm³/mol. The van der Waals surface area contributed by atoms with Gasteiger partial charge in [-0.1, -0.05) is 6.42 Å². The molecule has 3 rings (SSSR count). The van der Waals surface area contributed by atoms with Crippen LogP contribution >= 0.6 is 11.3 Å². The molecule has 1 aromatic heterocycles. The first-order valence-corrected chi connectivity index (χ1v) is 13.3. The van der Waals surface area contributed by atoms with E-state index in [2.05, 4.69) is 5.32 Å². The van der Waals surface area contributed by atoms with Crippen molar-refractivity contribution in [1.29, 1.82) is 0 Å². The largest absolute Gasteiger partial charge is 0.495 e. The summed E-state index contributed by atoms with van der Waals surface area (Å²) in [7, 11) is -3.46. The summed E-state index contributed by atoms with van der Waals surface area (Å²) >= 11 is 1.02. The maximum absolute atomic E-state index is 13.0. The Bertz CT molecular complexity index is 1170. The summed E-state index contributed by atoms with van der Waals surface area (Å²) in [6.45, 7) is 0.868. The van der Waals surface area contributed by atoms with Gasteiger partial charge in [0.15, 0.2) is 0 Å². The molecular formula is C19H25N3O6S3. The fraction of sp³-hybridized carbons (Fsp3) is 0.421. The van der Waals surface area contributed by atoms with Gasteiger partial charge in [-0.3, -0.25) is 4.79 Å². The summed E-state index contributed by atoms with van der Waals surface area (Å²) in [6.07, 6.45) is 2.57. The number of ether oxygens (including phenoxy) is 1. The third kappa shape index (κ3) is 4.77. The molecule has 0 unspecified atom stereocenters. The third-order valence-electron chi connectivity index (χ3n) is 4.95. The van der Waals surface area contributed by atoms with E-state index in [1.807, 2.05) is 0 Å². The van der Waals surface area contributed by atoms with Crippen LogP contribution in [0.4, 0.5) is 5.69 Å². The normalized spacial score (nSPS) is 15.7. The molecule has 1 fully saturated rings. The fourth-order valence-corrected chi connectivity index (χ4v) is 7.14. The van der Waals surface area contributed by atoms with Crippen molar-refractivity contribution in [2.45, 2.75) is 29.1 Å². The van der Waals surface area contributed by atoms with Gasteiger partial charge in [0.05, 0.1) is 7.11 Å².